The Balaban J connectivity index is 2.26. The molecule has 0 aliphatic heterocycles. The van der Waals surface area contributed by atoms with Crippen LogP contribution >= 0.6 is 0 Å². The highest BCUT2D eigenvalue weighted by Crippen LogP contribution is 2.19. The first-order valence-corrected chi connectivity index (χ1v) is 6.98. The fraction of sp³-hybridized carbons (Fsp3) is 0.0714. The molecule has 0 saturated carbocycles. The van der Waals surface area contributed by atoms with Gasteiger partial charge in [0, 0.05) is 5.56 Å². The van der Waals surface area contributed by atoms with Gasteiger partial charge in [-0.2, -0.15) is 8.42 Å². The lowest BCUT2D eigenvalue weighted by Gasteiger charge is -2.07. The average molecular weight is 276 g/mol. The molecule has 19 heavy (non-hydrogen) atoms. The highest BCUT2D eigenvalue weighted by atomic mass is 32.2. The van der Waals surface area contributed by atoms with Crippen LogP contribution in [0.4, 0.5) is 0 Å². The molecule has 0 atom stereocenters. The molecule has 0 aliphatic rings. The molecule has 2 rings (SSSR count). The third-order valence-electron chi connectivity index (χ3n) is 2.53. The molecular formula is C14H12O4S. The molecule has 0 radical (unpaired) electrons. The van der Waals surface area contributed by atoms with E-state index in [-0.39, 0.29) is 10.6 Å². The standard InChI is InChI=1S/C14H12O4S/c1-11-2-6-13(7-3-11)18-19(16,17)14-8-4-12(10-15)5-9-14/h2-10H,1H3. The van der Waals surface area contributed by atoms with Crippen LogP contribution in [0.2, 0.25) is 0 Å². The Labute approximate surface area is 111 Å². The number of hydrogen-bond donors (Lipinski definition) is 0. The van der Waals surface area contributed by atoms with Crippen molar-refractivity contribution in [2.75, 3.05) is 0 Å². The van der Waals surface area contributed by atoms with Crippen molar-refractivity contribution in [1.82, 2.24) is 0 Å². The van der Waals surface area contributed by atoms with E-state index in [2.05, 4.69) is 0 Å². The Hall–Kier alpha value is -2.14. The van der Waals surface area contributed by atoms with E-state index in [0.29, 0.717) is 11.8 Å². The fourth-order valence-corrected chi connectivity index (χ4v) is 2.41. The monoisotopic (exact) mass is 276 g/mol. The SMILES string of the molecule is Cc1ccc(OS(=O)(=O)c2ccc(C=O)cc2)cc1. The van der Waals surface area contributed by atoms with E-state index in [0.717, 1.165) is 5.56 Å². The van der Waals surface area contributed by atoms with Gasteiger partial charge >= 0.3 is 10.1 Å². The molecule has 98 valence electrons. The molecule has 0 N–H and O–H groups in total. The first-order chi connectivity index (χ1) is 9.01. The van der Waals surface area contributed by atoms with Crippen molar-refractivity contribution < 1.29 is 17.4 Å². The van der Waals surface area contributed by atoms with Crippen molar-refractivity contribution in [2.45, 2.75) is 11.8 Å². The molecule has 5 heteroatoms. The summed E-state index contributed by atoms with van der Waals surface area (Å²) < 4.78 is 29.0. The number of hydrogen-bond acceptors (Lipinski definition) is 4. The van der Waals surface area contributed by atoms with Gasteiger partial charge in [-0.15, -0.1) is 0 Å². The Morgan fingerprint density at radius 1 is 0.947 bits per heavy atom. The summed E-state index contributed by atoms with van der Waals surface area (Å²) in [6, 6.07) is 12.2. The molecule has 0 fully saturated rings. The van der Waals surface area contributed by atoms with Gasteiger partial charge in [-0.25, -0.2) is 0 Å². The van der Waals surface area contributed by atoms with Gasteiger partial charge in [-0.1, -0.05) is 29.8 Å². The zero-order valence-electron chi connectivity index (χ0n) is 10.2. The van der Waals surface area contributed by atoms with E-state index in [1.54, 1.807) is 24.3 Å². The van der Waals surface area contributed by atoms with Crippen molar-refractivity contribution in [3.8, 4) is 5.75 Å². The summed E-state index contributed by atoms with van der Waals surface area (Å²) in [5, 5.41) is 0. The lowest BCUT2D eigenvalue weighted by Crippen LogP contribution is -2.09. The molecule has 0 aliphatic carbocycles. The van der Waals surface area contributed by atoms with Gasteiger partial charge in [-0.3, -0.25) is 4.79 Å². The molecule has 0 saturated heterocycles. The summed E-state index contributed by atoms with van der Waals surface area (Å²) in [5.41, 5.74) is 1.43. The van der Waals surface area contributed by atoms with E-state index >= 15 is 0 Å². The van der Waals surface area contributed by atoms with Crippen LogP contribution in [0.1, 0.15) is 15.9 Å². The van der Waals surface area contributed by atoms with E-state index in [4.69, 9.17) is 4.18 Å². The van der Waals surface area contributed by atoms with Crippen LogP contribution in [-0.4, -0.2) is 14.7 Å². The first-order valence-electron chi connectivity index (χ1n) is 5.58. The van der Waals surface area contributed by atoms with Crippen molar-refractivity contribution in [2.24, 2.45) is 0 Å². The highest BCUT2D eigenvalue weighted by molar-refractivity contribution is 7.87. The quantitative estimate of drug-likeness (QED) is 0.636. The van der Waals surface area contributed by atoms with E-state index in [1.807, 2.05) is 6.92 Å². The smallest absolute Gasteiger partial charge is 0.339 e. The second kappa shape index (κ2) is 5.24. The van der Waals surface area contributed by atoms with Crippen LogP contribution in [0.5, 0.6) is 5.75 Å². The molecular weight excluding hydrogens is 264 g/mol. The van der Waals surface area contributed by atoms with Gasteiger partial charge in [0.2, 0.25) is 0 Å². The number of aldehydes is 1. The topological polar surface area (TPSA) is 60.4 Å². The van der Waals surface area contributed by atoms with Gasteiger partial charge in [0.05, 0.1) is 0 Å². The number of benzene rings is 2. The third kappa shape index (κ3) is 3.20. The summed E-state index contributed by atoms with van der Waals surface area (Å²) in [5.74, 6) is 0.255. The van der Waals surface area contributed by atoms with Gasteiger partial charge in [0.15, 0.2) is 0 Å². The summed E-state index contributed by atoms with van der Waals surface area (Å²) in [6.07, 6.45) is 0.650. The zero-order chi connectivity index (χ0) is 13.9. The number of carbonyl (C=O) groups excluding carboxylic acids is 1. The largest absolute Gasteiger partial charge is 0.379 e. The minimum Gasteiger partial charge on any atom is -0.379 e. The molecule has 0 bridgehead atoms. The molecule has 0 aromatic heterocycles. The van der Waals surface area contributed by atoms with Crippen LogP contribution in [-0.2, 0) is 10.1 Å². The molecule has 0 spiro atoms. The second-order valence-corrected chi connectivity index (χ2v) is 5.58. The lowest BCUT2D eigenvalue weighted by molar-refractivity contribution is 0.112. The first kappa shape index (κ1) is 13.3. The molecule has 0 heterocycles. The molecule has 0 unspecified atom stereocenters. The van der Waals surface area contributed by atoms with Gasteiger partial charge in [0.1, 0.15) is 16.9 Å². The number of aryl methyl sites for hydroxylation is 1. The maximum atomic E-state index is 12.0. The average Bonchev–Trinajstić information content (AvgIpc) is 2.41. The van der Waals surface area contributed by atoms with E-state index < -0.39 is 10.1 Å². The van der Waals surface area contributed by atoms with Crippen LogP contribution in [0.25, 0.3) is 0 Å². The molecule has 2 aromatic carbocycles. The number of rotatable bonds is 4. The van der Waals surface area contributed by atoms with Crippen LogP contribution in [0.15, 0.2) is 53.4 Å². The Morgan fingerprint density at radius 2 is 1.53 bits per heavy atom. The fourth-order valence-electron chi connectivity index (χ4n) is 1.48. The second-order valence-electron chi connectivity index (χ2n) is 4.04. The minimum absolute atomic E-state index is 0.0127. The predicted molar refractivity (Wildman–Crippen MR) is 70.8 cm³/mol. The summed E-state index contributed by atoms with van der Waals surface area (Å²) in [4.78, 5) is 10.5. The maximum absolute atomic E-state index is 12.0. The lowest BCUT2D eigenvalue weighted by atomic mass is 10.2. The molecule has 4 nitrogen and oxygen atoms in total. The normalized spacial score (nSPS) is 11.0. The summed E-state index contributed by atoms with van der Waals surface area (Å²) in [7, 11) is -3.87. The summed E-state index contributed by atoms with van der Waals surface area (Å²) >= 11 is 0. The third-order valence-corrected chi connectivity index (χ3v) is 3.79. The predicted octanol–water partition coefficient (Wildman–Crippen LogP) is 2.58. The Kier molecular flexibility index (Phi) is 3.66. The zero-order valence-corrected chi connectivity index (χ0v) is 11.1. The van der Waals surface area contributed by atoms with Crippen molar-refractivity contribution in [1.29, 1.82) is 0 Å². The maximum Gasteiger partial charge on any atom is 0.339 e. The van der Waals surface area contributed by atoms with Gasteiger partial charge in [0.25, 0.3) is 0 Å². The highest BCUT2D eigenvalue weighted by Gasteiger charge is 2.16. The van der Waals surface area contributed by atoms with Crippen LogP contribution in [0, 0.1) is 6.92 Å². The number of carbonyl (C=O) groups is 1. The molecule has 0 amide bonds. The minimum atomic E-state index is -3.87. The van der Waals surface area contributed by atoms with Crippen molar-refractivity contribution >= 4 is 16.4 Å². The molecule has 2 aromatic rings. The van der Waals surface area contributed by atoms with E-state index in [9.17, 15) is 13.2 Å². The van der Waals surface area contributed by atoms with Crippen LogP contribution in [0.3, 0.4) is 0 Å². The summed E-state index contributed by atoms with van der Waals surface area (Å²) in [6.45, 7) is 1.90. The van der Waals surface area contributed by atoms with Crippen molar-refractivity contribution in [3.63, 3.8) is 0 Å². The Morgan fingerprint density at radius 3 is 2.05 bits per heavy atom. The van der Waals surface area contributed by atoms with Gasteiger partial charge in [-0.05, 0) is 31.2 Å². The van der Waals surface area contributed by atoms with E-state index in [1.165, 1.54) is 24.3 Å². The van der Waals surface area contributed by atoms with Crippen LogP contribution < -0.4 is 4.18 Å². The van der Waals surface area contributed by atoms with Gasteiger partial charge < -0.3 is 4.18 Å². The van der Waals surface area contributed by atoms with Crippen molar-refractivity contribution in [3.05, 3.63) is 59.7 Å². The Bertz CT molecular complexity index is 670.